The third-order valence-corrected chi connectivity index (χ3v) is 5.79. The van der Waals surface area contributed by atoms with Gasteiger partial charge in [-0.1, -0.05) is 37.3 Å². The minimum atomic E-state index is 0.330. The van der Waals surface area contributed by atoms with E-state index >= 15 is 0 Å². The third-order valence-electron chi connectivity index (χ3n) is 5.79. The van der Waals surface area contributed by atoms with Crippen molar-refractivity contribution in [3.8, 4) is 22.9 Å². The third kappa shape index (κ3) is 4.06. The van der Waals surface area contributed by atoms with Gasteiger partial charge in [0.05, 0.1) is 18.2 Å². The molecule has 156 valence electrons. The van der Waals surface area contributed by atoms with Crippen LogP contribution in [0.25, 0.3) is 32.8 Å². The van der Waals surface area contributed by atoms with Crippen molar-refractivity contribution in [3.05, 3.63) is 96.4 Å². The standard InChI is InChI=1S/C28H23N3O/c1-19(10-25-17-31-28-5-3-2-4-27(25)28)18-32-26-12-20(15-29)11-24(14-26)21-6-7-23-16-30-9-8-22(23)13-21/h2-9,11-14,16-17,19,31H,10,18H2,1H3/t19-/m0/s1. The summed E-state index contributed by atoms with van der Waals surface area (Å²) in [5.74, 6) is 1.05. The lowest BCUT2D eigenvalue weighted by molar-refractivity contribution is 0.260. The highest BCUT2D eigenvalue weighted by atomic mass is 16.5. The largest absolute Gasteiger partial charge is 0.493 e. The Morgan fingerprint density at radius 1 is 1.00 bits per heavy atom. The zero-order chi connectivity index (χ0) is 21.9. The fourth-order valence-electron chi connectivity index (χ4n) is 4.15. The first-order valence-electron chi connectivity index (χ1n) is 10.8. The summed E-state index contributed by atoms with van der Waals surface area (Å²) in [5, 5.41) is 13.0. The Hall–Kier alpha value is -4.10. The summed E-state index contributed by atoms with van der Waals surface area (Å²) in [6.45, 7) is 2.77. The molecule has 5 rings (SSSR count). The van der Waals surface area contributed by atoms with Gasteiger partial charge in [-0.15, -0.1) is 0 Å². The van der Waals surface area contributed by atoms with Gasteiger partial charge in [-0.05, 0) is 70.8 Å². The van der Waals surface area contributed by atoms with Crippen LogP contribution in [0, 0.1) is 17.2 Å². The molecule has 0 aliphatic rings. The molecule has 0 unspecified atom stereocenters. The number of nitriles is 1. The average Bonchev–Trinajstić information content (AvgIpc) is 3.25. The first kappa shape index (κ1) is 19.8. The number of aromatic amines is 1. The van der Waals surface area contributed by atoms with E-state index in [9.17, 15) is 5.26 Å². The van der Waals surface area contributed by atoms with Gasteiger partial charge in [0.15, 0.2) is 0 Å². The summed E-state index contributed by atoms with van der Waals surface area (Å²) in [6.07, 6.45) is 6.66. The molecule has 5 aromatic rings. The SMILES string of the molecule is C[C@H](COc1cc(C#N)cc(-c2ccc3cnccc3c2)c1)Cc1c[nH]c2ccccc12. The highest BCUT2D eigenvalue weighted by Gasteiger charge is 2.11. The zero-order valence-electron chi connectivity index (χ0n) is 17.9. The Morgan fingerprint density at radius 2 is 1.91 bits per heavy atom. The van der Waals surface area contributed by atoms with Crippen LogP contribution < -0.4 is 4.74 Å². The van der Waals surface area contributed by atoms with Crippen molar-refractivity contribution in [3.63, 3.8) is 0 Å². The van der Waals surface area contributed by atoms with Crippen LogP contribution in [-0.4, -0.2) is 16.6 Å². The molecule has 2 aromatic heterocycles. The van der Waals surface area contributed by atoms with E-state index in [2.05, 4.69) is 65.6 Å². The molecule has 3 aromatic carbocycles. The number of fused-ring (bicyclic) bond motifs is 2. The zero-order valence-corrected chi connectivity index (χ0v) is 17.9. The molecule has 0 saturated carbocycles. The lowest BCUT2D eigenvalue weighted by Gasteiger charge is -2.14. The van der Waals surface area contributed by atoms with Crippen LogP contribution in [0.4, 0.5) is 0 Å². The Labute approximate surface area is 187 Å². The monoisotopic (exact) mass is 417 g/mol. The normalized spacial score (nSPS) is 12.0. The van der Waals surface area contributed by atoms with Crippen LogP contribution in [0.15, 0.2) is 85.3 Å². The number of nitrogens with one attached hydrogen (secondary N) is 1. The average molecular weight is 418 g/mol. The van der Waals surface area contributed by atoms with Gasteiger partial charge < -0.3 is 9.72 Å². The number of para-hydroxylation sites is 1. The van der Waals surface area contributed by atoms with Crippen molar-refractivity contribution in [1.82, 2.24) is 9.97 Å². The Morgan fingerprint density at radius 3 is 2.81 bits per heavy atom. The van der Waals surface area contributed by atoms with Crippen LogP contribution in [0.3, 0.4) is 0 Å². The van der Waals surface area contributed by atoms with Crippen LogP contribution >= 0.6 is 0 Å². The molecule has 2 heterocycles. The lowest BCUT2D eigenvalue weighted by Crippen LogP contribution is -2.11. The Balaban J connectivity index is 1.35. The van der Waals surface area contributed by atoms with E-state index in [1.807, 2.05) is 36.5 Å². The fourth-order valence-corrected chi connectivity index (χ4v) is 4.15. The van der Waals surface area contributed by atoms with E-state index in [0.717, 1.165) is 39.6 Å². The second-order valence-corrected chi connectivity index (χ2v) is 8.28. The lowest BCUT2D eigenvalue weighted by atomic mass is 10.00. The van der Waals surface area contributed by atoms with Crippen LogP contribution in [0.2, 0.25) is 0 Å². The number of aromatic nitrogens is 2. The van der Waals surface area contributed by atoms with E-state index in [1.54, 1.807) is 6.20 Å². The predicted octanol–water partition coefficient (Wildman–Crippen LogP) is 6.51. The quantitative estimate of drug-likeness (QED) is 0.342. The first-order chi connectivity index (χ1) is 15.7. The second kappa shape index (κ2) is 8.56. The number of nitrogens with zero attached hydrogens (tertiary/aromatic N) is 2. The van der Waals surface area contributed by atoms with Gasteiger partial charge in [-0.25, -0.2) is 0 Å². The summed E-state index contributed by atoms with van der Waals surface area (Å²) >= 11 is 0. The number of pyridine rings is 1. The first-order valence-corrected chi connectivity index (χ1v) is 10.8. The molecule has 32 heavy (non-hydrogen) atoms. The number of hydrogen-bond acceptors (Lipinski definition) is 3. The molecule has 0 amide bonds. The Kier molecular flexibility index (Phi) is 5.31. The highest BCUT2D eigenvalue weighted by molar-refractivity contribution is 5.87. The van der Waals surface area contributed by atoms with E-state index in [4.69, 9.17) is 4.74 Å². The van der Waals surface area contributed by atoms with E-state index < -0.39 is 0 Å². The van der Waals surface area contributed by atoms with Gasteiger partial charge in [0.2, 0.25) is 0 Å². The van der Waals surface area contributed by atoms with Crippen molar-refractivity contribution >= 4 is 21.7 Å². The van der Waals surface area contributed by atoms with E-state index in [0.29, 0.717) is 18.1 Å². The molecule has 0 fully saturated rings. The molecule has 1 atom stereocenters. The minimum Gasteiger partial charge on any atom is -0.493 e. The minimum absolute atomic E-state index is 0.330. The van der Waals surface area contributed by atoms with Gasteiger partial charge in [-0.3, -0.25) is 4.98 Å². The maximum Gasteiger partial charge on any atom is 0.121 e. The van der Waals surface area contributed by atoms with Crippen molar-refractivity contribution in [2.45, 2.75) is 13.3 Å². The molecule has 0 radical (unpaired) electrons. The smallest absolute Gasteiger partial charge is 0.121 e. The van der Waals surface area contributed by atoms with Crippen LogP contribution in [-0.2, 0) is 6.42 Å². The summed E-state index contributed by atoms with van der Waals surface area (Å²) < 4.78 is 6.15. The summed E-state index contributed by atoms with van der Waals surface area (Å²) in [5.41, 5.74) is 5.08. The van der Waals surface area contributed by atoms with Gasteiger partial charge >= 0.3 is 0 Å². The highest BCUT2D eigenvalue weighted by Crippen LogP contribution is 2.29. The number of ether oxygens (including phenoxy) is 1. The van der Waals surface area contributed by atoms with E-state index in [-0.39, 0.29) is 0 Å². The van der Waals surface area contributed by atoms with Gasteiger partial charge in [0, 0.05) is 34.9 Å². The van der Waals surface area contributed by atoms with Crippen molar-refractivity contribution in [2.75, 3.05) is 6.61 Å². The van der Waals surface area contributed by atoms with Crippen molar-refractivity contribution in [1.29, 1.82) is 5.26 Å². The van der Waals surface area contributed by atoms with Gasteiger partial charge in [0.1, 0.15) is 5.75 Å². The van der Waals surface area contributed by atoms with Crippen LogP contribution in [0.1, 0.15) is 18.1 Å². The Bertz CT molecular complexity index is 1440. The van der Waals surface area contributed by atoms with Gasteiger partial charge in [-0.2, -0.15) is 5.26 Å². The molecule has 0 bridgehead atoms. The topological polar surface area (TPSA) is 61.7 Å². The molecule has 4 nitrogen and oxygen atoms in total. The molecule has 1 N–H and O–H groups in total. The van der Waals surface area contributed by atoms with Crippen molar-refractivity contribution in [2.24, 2.45) is 5.92 Å². The molecule has 0 aliphatic carbocycles. The molecule has 0 saturated heterocycles. The maximum absolute atomic E-state index is 9.54. The maximum atomic E-state index is 9.54. The number of rotatable bonds is 6. The van der Waals surface area contributed by atoms with Crippen LogP contribution in [0.5, 0.6) is 5.75 Å². The second-order valence-electron chi connectivity index (χ2n) is 8.28. The molecule has 4 heteroatoms. The predicted molar refractivity (Wildman–Crippen MR) is 129 cm³/mol. The number of hydrogen-bond donors (Lipinski definition) is 1. The molecular formula is C28H23N3O. The molecule has 0 aliphatic heterocycles. The fraction of sp³-hybridized carbons (Fsp3) is 0.143. The molecular weight excluding hydrogens is 394 g/mol. The van der Waals surface area contributed by atoms with Gasteiger partial charge in [0.25, 0.3) is 0 Å². The number of benzene rings is 3. The number of H-pyrrole nitrogens is 1. The van der Waals surface area contributed by atoms with Crippen molar-refractivity contribution < 1.29 is 4.74 Å². The summed E-state index contributed by atoms with van der Waals surface area (Å²) in [7, 11) is 0. The van der Waals surface area contributed by atoms with E-state index in [1.165, 1.54) is 10.9 Å². The summed E-state index contributed by atoms with van der Waals surface area (Å²) in [6, 6.07) is 24.6. The molecule has 0 spiro atoms. The summed E-state index contributed by atoms with van der Waals surface area (Å²) in [4.78, 5) is 7.52.